The van der Waals surface area contributed by atoms with Crippen LogP contribution in [0.2, 0.25) is 0 Å². The van der Waals surface area contributed by atoms with Gasteiger partial charge >= 0.3 is 0 Å². The van der Waals surface area contributed by atoms with Gasteiger partial charge in [-0.25, -0.2) is 0 Å². The fourth-order valence-corrected chi connectivity index (χ4v) is 1.75. The minimum absolute atomic E-state index is 0.175. The van der Waals surface area contributed by atoms with E-state index in [9.17, 15) is 5.11 Å². The van der Waals surface area contributed by atoms with Gasteiger partial charge in [0.25, 0.3) is 0 Å². The van der Waals surface area contributed by atoms with Crippen LogP contribution >= 0.6 is 0 Å². The normalized spacial score (nSPS) is 39.0. The lowest BCUT2D eigenvalue weighted by molar-refractivity contribution is 0.0804. The van der Waals surface area contributed by atoms with Crippen LogP contribution in [-0.4, -0.2) is 37.4 Å². The first-order valence-corrected chi connectivity index (χ1v) is 4.30. The number of nitrogens with one attached hydrogen (secondary N) is 2. The Labute approximate surface area is 68.2 Å². The molecule has 0 radical (unpaired) electrons. The third-order valence-electron chi connectivity index (χ3n) is 2.60. The van der Waals surface area contributed by atoms with E-state index < -0.39 is 0 Å². The van der Waals surface area contributed by atoms with Gasteiger partial charge in [0.05, 0.1) is 6.10 Å². The van der Waals surface area contributed by atoms with Crippen molar-refractivity contribution in [3.8, 4) is 0 Å². The number of aliphatic hydroxyl groups excluding tert-OH is 1. The van der Waals surface area contributed by atoms with Crippen LogP contribution in [0, 0.1) is 0 Å². The minimum Gasteiger partial charge on any atom is -0.391 e. The maximum Gasteiger partial charge on any atom is 0.0707 e. The lowest BCUT2D eigenvalue weighted by atomic mass is 9.89. The number of hydrogen-bond donors (Lipinski definition) is 3. The summed E-state index contributed by atoms with van der Waals surface area (Å²) in [4.78, 5) is 0. The molecule has 0 heterocycles. The Morgan fingerprint density at radius 2 is 1.91 bits per heavy atom. The van der Waals surface area contributed by atoms with Crippen molar-refractivity contribution in [1.29, 1.82) is 0 Å². The number of hydrogen-bond acceptors (Lipinski definition) is 3. The molecule has 3 atom stereocenters. The maximum absolute atomic E-state index is 9.57. The van der Waals surface area contributed by atoms with Gasteiger partial charge < -0.3 is 15.7 Å². The molecule has 3 heteroatoms. The monoisotopic (exact) mass is 158 g/mol. The second-order valence-electron chi connectivity index (χ2n) is 3.26. The average molecular weight is 158 g/mol. The molecule has 1 aliphatic carbocycles. The molecule has 0 aromatic heterocycles. The van der Waals surface area contributed by atoms with E-state index in [0.717, 1.165) is 12.8 Å². The first-order valence-electron chi connectivity index (χ1n) is 4.30. The summed E-state index contributed by atoms with van der Waals surface area (Å²) in [5, 5.41) is 15.9. The average Bonchev–Trinajstić information content (AvgIpc) is 2.04. The lowest BCUT2D eigenvalue weighted by Crippen LogP contribution is -2.46. The van der Waals surface area contributed by atoms with Crippen molar-refractivity contribution in [2.75, 3.05) is 14.1 Å². The summed E-state index contributed by atoms with van der Waals surface area (Å²) in [7, 11) is 3.87. The zero-order chi connectivity index (χ0) is 8.27. The highest BCUT2D eigenvalue weighted by atomic mass is 16.3. The molecule has 0 bridgehead atoms. The van der Waals surface area contributed by atoms with E-state index in [1.54, 1.807) is 0 Å². The van der Waals surface area contributed by atoms with E-state index in [2.05, 4.69) is 10.6 Å². The van der Waals surface area contributed by atoms with Gasteiger partial charge in [-0.2, -0.15) is 0 Å². The second kappa shape index (κ2) is 4.04. The second-order valence-corrected chi connectivity index (χ2v) is 3.26. The molecule has 1 saturated carbocycles. The third-order valence-corrected chi connectivity index (χ3v) is 2.60. The predicted molar refractivity (Wildman–Crippen MR) is 45.6 cm³/mol. The van der Waals surface area contributed by atoms with Gasteiger partial charge in [0.15, 0.2) is 0 Å². The molecule has 0 aliphatic heterocycles. The molecule has 0 aromatic carbocycles. The van der Waals surface area contributed by atoms with Crippen molar-refractivity contribution in [3.63, 3.8) is 0 Å². The van der Waals surface area contributed by atoms with Crippen molar-refractivity contribution in [2.24, 2.45) is 0 Å². The van der Waals surface area contributed by atoms with Gasteiger partial charge in [0, 0.05) is 12.1 Å². The molecular formula is C8H18N2O. The van der Waals surface area contributed by atoms with Crippen LogP contribution in [0.15, 0.2) is 0 Å². The highest BCUT2D eigenvalue weighted by Crippen LogP contribution is 2.18. The van der Waals surface area contributed by atoms with Gasteiger partial charge in [0.1, 0.15) is 0 Å². The Kier molecular flexibility index (Phi) is 3.30. The summed E-state index contributed by atoms with van der Waals surface area (Å²) in [6.07, 6.45) is 2.94. The zero-order valence-corrected chi connectivity index (χ0v) is 7.30. The van der Waals surface area contributed by atoms with E-state index in [4.69, 9.17) is 0 Å². The summed E-state index contributed by atoms with van der Waals surface area (Å²) in [5.74, 6) is 0. The van der Waals surface area contributed by atoms with Crippen molar-refractivity contribution >= 4 is 0 Å². The molecule has 0 spiro atoms. The molecule has 2 unspecified atom stereocenters. The summed E-state index contributed by atoms with van der Waals surface area (Å²) < 4.78 is 0. The number of rotatable bonds is 2. The van der Waals surface area contributed by atoms with Crippen molar-refractivity contribution in [2.45, 2.75) is 37.5 Å². The van der Waals surface area contributed by atoms with Crippen molar-refractivity contribution < 1.29 is 5.11 Å². The molecule has 0 saturated heterocycles. The van der Waals surface area contributed by atoms with Crippen LogP contribution in [0.4, 0.5) is 0 Å². The fourth-order valence-electron chi connectivity index (χ4n) is 1.75. The molecule has 11 heavy (non-hydrogen) atoms. The van der Waals surface area contributed by atoms with Crippen LogP contribution in [0.5, 0.6) is 0 Å². The van der Waals surface area contributed by atoms with Gasteiger partial charge in [-0.3, -0.25) is 0 Å². The highest BCUT2D eigenvalue weighted by molar-refractivity contribution is 4.86. The van der Waals surface area contributed by atoms with Gasteiger partial charge in [0.2, 0.25) is 0 Å². The van der Waals surface area contributed by atoms with E-state index in [1.807, 2.05) is 14.1 Å². The van der Waals surface area contributed by atoms with Crippen LogP contribution < -0.4 is 10.6 Å². The molecule has 0 aromatic rings. The Morgan fingerprint density at radius 3 is 2.36 bits per heavy atom. The molecule has 1 rings (SSSR count). The van der Waals surface area contributed by atoms with Crippen molar-refractivity contribution in [1.82, 2.24) is 10.6 Å². The van der Waals surface area contributed by atoms with Crippen LogP contribution in [0.3, 0.4) is 0 Å². The number of likely N-dealkylation sites (N-methyl/N-ethyl adjacent to an activating group) is 1. The van der Waals surface area contributed by atoms with Gasteiger partial charge in [-0.05, 0) is 33.4 Å². The van der Waals surface area contributed by atoms with E-state index in [-0.39, 0.29) is 6.10 Å². The first-order chi connectivity index (χ1) is 5.27. The maximum atomic E-state index is 9.57. The Hall–Kier alpha value is -0.120. The molecule has 3 nitrogen and oxygen atoms in total. The quantitative estimate of drug-likeness (QED) is 0.517. The molecule has 66 valence electrons. The van der Waals surface area contributed by atoms with E-state index in [1.165, 1.54) is 6.42 Å². The summed E-state index contributed by atoms with van der Waals surface area (Å²) >= 11 is 0. The standard InChI is InChI=1S/C8H18N2O/c1-9-6-3-4-7(10-2)8(11)5-6/h6-11H,3-5H2,1-2H3/t6?,7-,8?/m0/s1. The predicted octanol–water partition coefficient (Wildman–Crippen LogP) is -0.293. The Balaban J connectivity index is 2.34. The van der Waals surface area contributed by atoms with E-state index in [0.29, 0.717) is 12.1 Å². The molecule has 1 aliphatic rings. The topological polar surface area (TPSA) is 44.3 Å². The molecule has 0 amide bonds. The molecule has 3 N–H and O–H groups in total. The Morgan fingerprint density at radius 1 is 1.18 bits per heavy atom. The SMILES string of the molecule is CNC1CC[C@H](NC)C(O)C1. The smallest absolute Gasteiger partial charge is 0.0707 e. The van der Waals surface area contributed by atoms with Crippen molar-refractivity contribution in [3.05, 3.63) is 0 Å². The summed E-state index contributed by atoms with van der Waals surface area (Å²) in [6.45, 7) is 0. The molecular weight excluding hydrogens is 140 g/mol. The Bertz CT molecular complexity index is 119. The molecule has 1 fully saturated rings. The van der Waals surface area contributed by atoms with Crippen LogP contribution in [-0.2, 0) is 0 Å². The van der Waals surface area contributed by atoms with E-state index >= 15 is 0 Å². The summed E-state index contributed by atoms with van der Waals surface area (Å²) in [5.41, 5.74) is 0. The highest BCUT2D eigenvalue weighted by Gasteiger charge is 2.26. The largest absolute Gasteiger partial charge is 0.391 e. The van der Waals surface area contributed by atoms with Crippen LogP contribution in [0.25, 0.3) is 0 Å². The number of aliphatic hydroxyl groups is 1. The lowest BCUT2D eigenvalue weighted by Gasteiger charge is -2.32. The van der Waals surface area contributed by atoms with Gasteiger partial charge in [-0.1, -0.05) is 0 Å². The summed E-state index contributed by atoms with van der Waals surface area (Å²) in [6, 6.07) is 0.814. The zero-order valence-electron chi connectivity index (χ0n) is 7.30. The third kappa shape index (κ3) is 2.15. The fraction of sp³-hybridized carbons (Fsp3) is 1.00. The van der Waals surface area contributed by atoms with Gasteiger partial charge in [-0.15, -0.1) is 0 Å². The first kappa shape index (κ1) is 8.97. The van der Waals surface area contributed by atoms with Crippen LogP contribution in [0.1, 0.15) is 19.3 Å². The minimum atomic E-state index is -0.175.